The Hall–Kier alpha value is -1.73. The summed E-state index contributed by atoms with van der Waals surface area (Å²) >= 11 is 1.65. The van der Waals surface area contributed by atoms with Gasteiger partial charge in [-0.15, -0.1) is 11.3 Å². The topological polar surface area (TPSA) is 58.4 Å². The number of rotatable bonds is 0. The second kappa shape index (κ2) is 5.38. The van der Waals surface area contributed by atoms with E-state index >= 15 is 0 Å². The van der Waals surface area contributed by atoms with Crippen LogP contribution in [-0.4, -0.2) is 45.9 Å². The van der Waals surface area contributed by atoms with Gasteiger partial charge in [-0.2, -0.15) is 0 Å². The Balaban J connectivity index is 1.77. The molecule has 1 saturated carbocycles. The largest absolute Gasteiger partial charge is 0.338 e. The van der Waals surface area contributed by atoms with Gasteiger partial charge in [-0.3, -0.25) is 14.2 Å². The van der Waals surface area contributed by atoms with Crippen molar-refractivity contribution in [3.63, 3.8) is 0 Å². The molecule has 0 aromatic carbocycles. The van der Waals surface area contributed by atoms with Gasteiger partial charge in [0.25, 0.3) is 5.56 Å². The van der Waals surface area contributed by atoms with Crippen LogP contribution in [0.4, 0.5) is 0 Å². The van der Waals surface area contributed by atoms with Crippen molar-refractivity contribution in [2.24, 2.45) is 5.92 Å². The molecule has 132 valence electrons. The number of amides is 1. The molecule has 25 heavy (non-hydrogen) atoms. The number of thiophene rings is 1. The highest BCUT2D eigenvalue weighted by molar-refractivity contribution is 7.18. The molecule has 4 heterocycles. The van der Waals surface area contributed by atoms with Crippen molar-refractivity contribution in [1.82, 2.24) is 19.4 Å². The molecule has 2 aliphatic heterocycles. The standard InChI is InChI=1S/C18H22N4O2S/c1-20-7-6-11-13(8-20)25-16-15(11)18(24)22-12-5-3-4-10(12)17(23)21(2)9-14(22)19-16/h10,12H,3-9H2,1-2H3/t10-,12-/m0/s1. The minimum Gasteiger partial charge on any atom is -0.338 e. The van der Waals surface area contributed by atoms with Crippen molar-refractivity contribution in [3.05, 3.63) is 26.6 Å². The zero-order valence-electron chi connectivity index (χ0n) is 14.6. The fourth-order valence-corrected chi connectivity index (χ4v) is 6.10. The average Bonchev–Trinajstić information content (AvgIpc) is 3.15. The van der Waals surface area contributed by atoms with Crippen molar-refractivity contribution >= 4 is 27.5 Å². The quantitative estimate of drug-likeness (QED) is 0.720. The van der Waals surface area contributed by atoms with E-state index in [9.17, 15) is 9.59 Å². The van der Waals surface area contributed by atoms with Crippen LogP contribution in [0.1, 0.15) is 41.6 Å². The summed E-state index contributed by atoms with van der Waals surface area (Å²) in [4.78, 5) is 37.2. The molecule has 1 amide bonds. The third-order valence-electron chi connectivity index (χ3n) is 6.05. The number of nitrogens with zero attached hydrogens (tertiary/aromatic N) is 4. The van der Waals surface area contributed by atoms with E-state index in [1.165, 1.54) is 10.4 Å². The maximum atomic E-state index is 13.5. The molecule has 0 radical (unpaired) electrons. The average molecular weight is 358 g/mol. The molecule has 0 N–H and O–H groups in total. The van der Waals surface area contributed by atoms with Gasteiger partial charge in [-0.25, -0.2) is 4.98 Å². The van der Waals surface area contributed by atoms with Gasteiger partial charge in [0.2, 0.25) is 5.91 Å². The number of fused-ring (bicyclic) bond motifs is 6. The molecule has 0 unspecified atom stereocenters. The maximum absolute atomic E-state index is 13.5. The maximum Gasteiger partial charge on any atom is 0.262 e. The minimum atomic E-state index is -0.0659. The highest BCUT2D eigenvalue weighted by Gasteiger charge is 2.41. The Bertz CT molecular complexity index is 947. The van der Waals surface area contributed by atoms with Gasteiger partial charge in [-0.1, -0.05) is 6.42 Å². The number of carbonyl (C=O) groups excluding carboxylic acids is 1. The van der Waals surface area contributed by atoms with E-state index in [4.69, 9.17) is 4.98 Å². The van der Waals surface area contributed by atoms with E-state index in [-0.39, 0.29) is 23.4 Å². The van der Waals surface area contributed by atoms with Gasteiger partial charge in [0, 0.05) is 25.0 Å². The van der Waals surface area contributed by atoms with Crippen LogP contribution in [0.15, 0.2) is 4.79 Å². The van der Waals surface area contributed by atoms with Crippen LogP contribution in [0.2, 0.25) is 0 Å². The second-order valence-corrected chi connectivity index (χ2v) is 8.76. The summed E-state index contributed by atoms with van der Waals surface area (Å²) in [5, 5.41) is 0.819. The lowest BCUT2D eigenvalue weighted by molar-refractivity contribution is -0.134. The molecule has 0 spiro atoms. The number of hydrogen-bond donors (Lipinski definition) is 0. The van der Waals surface area contributed by atoms with Crippen molar-refractivity contribution in [3.8, 4) is 0 Å². The lowest BCUT2D eigenvalue weighted by Gasteiger charge is -2.22. The predicted octanol–water partition coefficient (Wildman–Crippen LogP) is 1.76. The molecule has 7 heteroatoms. The highest BCUT2D eigenvalue weighted by atomic mass is 32.1. The summed E-state index contributed by atoms with van der Waals surface area (Å²) in [5.41, 5.74) is 1.28. The minimum absolute atomic E-state index is 0.0151. The first-order valence-electron chi connectivity index (χ1n) is 9.04. The van der Waals surface area contributed by atoms with Crippen LogP contribution in [0.3, 0.4) is 0 Å². The van der Waals surface area contributed by atoms with Crippen molar-refractivity contribution in [1.29, 1.82) is 0 Å². The van der Waals surface area contributed by atoms with Gasteiger partial charge in [0.1, 0.15) is 10.7 Å². The van der Waals surface area contributed by atoms with Crippen LogP contribution >= 0.6 is 11.3 Å². The van der Waals surface area contributed by atoms with Gasteiger partial charge in [0.15, 0.2) is 0 Å². The van der Waals surface area contributed by atoms with Crippen LogP contribution < -0.4 is 5.56 Å². The van der Waals surface area contributed by atoms with Crippen LogP contribution in [0.25, 0.3) is 10.2 Å². The monoisotopic (exact) mass is 358 g/mol. The zero-order valence-corrected chi connectivity index (χ0v) is 15.4. The van der Waals surface area contributed by atoms with E-state index < -0.39 is 0 Å². The first-order valence-corrected chi connectivity index (χ1v) is 9.85. The molecule has 2 aromatic heterocycles. The Kier molecular flexibility index (Phi) is 3.34. The summed E-state index contributed by atoms with van der Waals surface area (Å²) in [6.07, 6.45) is 3.70. The molecule has 2 atom stereocenters. The number of aromatic nitrogens is 2. The summed E-state index contributed by atoms with van der Waals surface area (Å²) in [5.74, 6) is 0.859. The lowest BCUT2D eigenvalue weighted by Crippen LogP contribution is -2.33. The molecular formula is C18H22N4O2S. The summed E-state index contributed by atoms with van der Waals surface area (Å²) in [6, 6.07) is -0.0151. The summed E-state index contributed by atoms with van der Waals surface area (Å²) in [7, 11) is 3.95. The normalized spacial score (nSPS) is 26.5. The Morgan fingerprint density at radius 3 is 2.84 bits per heavy atom. The molecule has 3 aliphatic rings. The van der Waals surface area contributed by atoms with Gasteiger partial charge >= 0.3 is 0 Å². The predicted molar refractivity (Wildman–Crippen MR) is 96.8 cm³/mol. The molecule has 5 rings (SSSR count). The summed E-state index contributed by atoms with van der Waals surface area (Å²) < 4.78 is 1.88. The van der Waals surface area contributed by atoms with Gasteiger partial charge < -0.3 is 9.80 Å². The zero-order chi connectivity index (χ0) is 17.3. The van der Waals surface area contributed by atoms with E-state index in [0.717, 1.165) is 54.8 Å². The number of likely N-dealkylation sites (N-methyl/N-ethyl adjacent to an activating group) is 1. The molecule has 1 fully saturated rings. The Labute approximate surface area is 150 Å². The molecular weight excluding hydrogens is 336 g/mol. The Morgan fingerprint density at radius 1 is 1.16 bits per heavy atom. The highest BCUT2D eigenvalue weighted by Crippen LogP contribution is 2.40. The van der Waals surface area contributed by atoms with Crippen LogP contribution in [0.5, 0.6) is 0 Å². The number of carbonyl (C=O) groups is 1. The van der Waals surface area contributed by atoms with E-state index in [1.54, 1.807) is 16.2 Å². The second-order valence-electron chi connectivity index (χ2n) is 7.67. The van der Waals surface area contributed by atoms with Crippen molar-refractivity contribution in [2.45, 2.75) is 44.8 Å². The summed E-state index contributed by atoms with van der Waals surface area (Å²) in [6.45, 7) is 2.31. The van der Waals surface area contributed by atoms with Gasteiger partial charge in [-0.05, 0) is 31.9 Å². The van der Waals surface area contributed by atoms with E-state index in [2.05, 4.69) is 11.9 Å². The SMILES string of the molecule is CN1CCc2c(sc3nc4n(c(=O)c23)[C@H]2CCC[C@@H]2C(=O)N(C)C4)C1. The fraction of sp³-hybridized carbons (Fsp3) is 0.611. The molecule has 6 nitrogen and oxygen atoms in total. The Morgan fingerprint density at radius 2 is 2.00 bits per heavy atom. The third-order valence-corrected chi connectivity index (χ3v) is 7.16. The third kappa shape index (κ3) is 2.15. The number of hydrogen-bond acceptors (Lipinski definition) is 5. The molecule has 0 saturated heterocycles. The molecule has 1 aliphatic carbocycles. The van der Waals surface area contributed by atoms with Crippen molar-refractivity contribution < 1.29 is 4.79 Å². The van der Waals surface area contributed by atoms with E-state index in [1.807, 2.05) is 11.6 Å². The van der Waals surface area contributed by atoms with Crippen LogP contribution in [-0.2, 0) is 24.3 Å². The molecule has 2 aromatic rings. The first kappa shape index (κ1) is 15.5. The van der Waals surface area contributed by atoms with Crippen LogP contribution in [0, 0.1) is 5.92 Å². The van der Waals surface area contributed by atoms with E-state index in [0.29, 0.717) is 6.54 Å². The lowest BCUT2D eigenvalue weighted by atomic mass is 10.0. The molecule has 0 bridgehead atoms. The van der Waals surface area contributed by atoms with Gasteiger partial charge in [0.05, 0.1) is 23.9 Å². The van der Waals surface area contributed by atoms with Crippen molar-refractivity contribution in [2.75, 3.05) is 20.6 Å². The first-order chi connectivity index (χ1) is 12.0. The fourth-order valence-electron chi connectivity index (χ4n) is 4.79. The smallest absolute Gasteiger partial charge is 0.262 e.